The third kappa shape index (κ3) is 9.40. The average Bonchev–Trinajstić information content (AvgIpc) is 3.21. The summed E-state index contributed by atoms with van der Waals surface area (Å²) in [6.45, 7) is 14.9. The molecule has 1 atom stereocenters. The van der Waals surface area contributed by atoms with Gasteiger partial charge in [0.15, 0.2) is 0 Å². The molecule has 4 heterocycles. The van der Waals surface area contributed by atoms with E-state index >= 15 is 0 Å². The molecule has 4 aromatic rings. The zero-order chi connectivity index (χ0) is 40.1. The molecule has 0 bridgehead atoms. The number of carbonyl (C=O) groups is 3. The van der Waals surface area contributed by atoms with Gasteiger partial charge in [-0.25, -0.2) is 0 Å². The van der Waals surface area contributed by atoms with Crippen molar-refractivity contribution in [3.05, 3.63) is 111 Å². The summed E-state index contributed by atoms with van der Waals surface area (Å²) in [6.07, 6.45) is 2.72. The molecule has 0 radical (unpaired) electrons. The second kappa shape index (κ2) is 17.8. The molecule has 3 saturated heterocycles. The van der Waals surface area contributed by atoms with Crippen LogP contribution in [0.2, 0.25) is 0 Å². The van der Waals surface area contributed by atoms with Gasteiger partial charge in [0.25, 0.3) is 11.5 Å². The number of pyridine rings is 1. The Bertz CT molecular complexity index is 2140. The Labute approximate surface area is 335 Å². The van der Waals surface area contributed by atoms with E-state index in [1.54, 1.807) is 0 Å². The molecule has 1 aromatic heterocycles. The van der Waals surface area contributed by atoms with Gasteiger partial charge < -0.3 is 30.2 Å². The minimum Gasteiger partial charge on any atom is -0.381 e. The summed E-state index contributed by atoms with van der Waals surface area (Å²) in [6, 6.07) is 22.9. The first-order valence-electron chi connectivity index (χ1n) is 20.3. The molecule has 4 N–H and O–H groups in total. The maximum absolute atomic E-state index is 14.0. The average molecular weight is 774 g/mol. The van der Waals surface area contributed by atoms with Crippen LogP contribution in [0.25, 0.3) is 11.1 Å². The summed E-state index contributed by atoms with van der Waals surface area (Å²) in [5, 5.41) is 8.71. The van der Waals surface area contributed by atoms with Crippen LogP contribution in [0.15, 0.2) is 71.5 Å². The lowest BCUT2D eigenvalue weighted by Crippen LogP contribution is -2.47. The first-order chi connectivity index (χ1) is 27.6. The van der Waals surface area contributed by atoms with Crippen molar-refractivity contribution in [1.82, 2.24) is 20.5 Å². The molecular formula is C45H55N7O5. The molecule has 12 nitrogen and oxygen atoms in total. The van der Waals surface area contributed by atoms with Crippen LogP contribution in [0, 0.1) is 20.8 Å². The van der Waals surface area contributed by atoms with Crippen LogP contribution >= 0.6 is 0 Å². The fourth-order valence-corrected chi connectivity index (χ4v) is 8.41. The lowest BCUT2D eigenvalue weighted by atomic mass is 9.95. The number of aryl methyl sites for hydroxylation is 2. The highest BCUT2D eigenvalue weighted by molar-refractivity contribution is 6.01. The van der Waals surface area contributed by atoms with Crippen molar-refractivity contribution in [3.63, 3.8) is 0 Å². The number of rotatable bonds is 12. The number of nitrogens with one attached hydrogen (secondary N) is 4. The fourth-order valence-electron chi connectivity index (χ4n) is 8.41. The Hall–Kier alpha value is -5.46. The van der Waals surface area contributed by atoms with Crippen molar-refractivity contribution in [2.75, 3.05) is 61.1 Å². The van der Waals surface area contributed by atoms with Gasteiger partial charge in [0.05, 0.1) is 0 Å². The predicted molar refractivity (Wildman–Crippen MR) is 225 cm³/mol. The predicted octanol–water partition coefficient (Wildman–Crippen LogP) is 5.44. The number of benzene rings is 3. The standard InChI is InChI=1S/C45H55N7O5/c1-5-52(37-16-22-57-23-17-37)41-26-34(25-38(31(41)4)43(54)46-27-39-29(2)24-30(3)47-44(39)55)33-8-12-36(13-9-33)51-20-18-50(19-21-51)28-32-6-10-35(11-7-32)48-40-14-15-42(53)49-45(40)56/h6-13,24-26,37,40,48H,5,14-23,27-28H2,1-4H3,(H,46,54)(H,47,55)(H,49,53,56). The van der Waals surface area contributed by atoms with Crippen LogP contribution in [0.1, 0.15) is 70.9 Å². The molecular weight excluding hydrogens is 719 g/mol. The number of aromatic nitrogens is 1. The molecule has 3 fully saturated rings. The van der Waals surface area contributed by atoms with E-state index in [4.69, 9.17) is 4.74 Å². The van der Waals surface area contributed by atoms with Gasteiger partial charge in [0, 0.05) is 105 Å². The summed E-state index contributed by atoms with van der Waals surface area (Å²) in [7, 11) is 0. The zero-order valence-electron chi connectivity index (χ0n) is 33.6. The summed E-state index contributed by atoms with van der Waals surface area (Å²) in [5.74, 6) is -0.683. The van der Waals surface area contributed by atoms with E-state index in [0.717, 1.165) is 105 Å². The van der Waals surface area contributed by atoms with Crippen molar-refractivity contribution in [3.8, 4) is 11.1 Å². The number of anilines is 3. The van der Waals surface area contributed by atoms with Gasteiger partial charge in [-0.3, -0.25) is 29.4 Å². The number of carbonyl (C=O) groups excluding carboxylic acids is 3. The first-order valence-corrected chi connectivity index (χ1v) is 20.3. The second-order valence-electron chi connectivity index (χ2n) is 15.6. The monoisotopic (exact) mass is 773 g/mol. The SMILES string of the molecule is CCN(c1cc(-c2ccc(N3CCN(Cc4ccc(NC5CCC(=O)NC5=O)cc4)CC3)cc2)cc(C(=O)NCc2c(C)cc(C)[nH]c2=O)c1C)C1CCOCC1. The van der Waals surface area contributed by atoms with E-state index in [2.05, 4.69) is 85.0 Å². The second-order valence-corrected chi connectivity index (χ2v) is 15.6. The number of ether oxygens (including phenoxy) is 1. The van der Waals surface area contributed by atoms with Crippen LogP contribution < -0.4 is 31.3 Å². The number of H-pyrrole nitrogens is 1. The van der Waals surface area contributed by atoms with Crippen molar-refractivity contribution in [2.45, 2.75) is 78.6 Å². The number of imide groups is 1. The highest BCUT2D eigenvalue weighted by Crippen LogP contribution is 2.35. The molecule has 3 aliphatic rings. The van der Waals surface area contributed by atoms with Gasteiger partial charge in [0.2, 0.25) is 11.8 Å². The minimum atomic E-state index is -0.393. The summed E-state index contributed by atoms with van der Waals surface area (Å²) >= 11 is 0. The fraction of sp³-hybridized carbons (Fsp3) is 0.422. The smallest absolute Gasteiger partial charge is 0.253 e. The highest BCUT2D eigenvalue weighted by Gasteiger charge is 2.27. The van der Waals surface area contributed by atoms with Gasteiger partial charge in [-0.05, 0) is 117 Å². The van der Waals surface area contributed by atoms with Crippen molar-refractivity contribution >= 4 is 34.8 Å². The quantitative estimate of drug-likeness (QED) is 0.139. The lowest BCUT2D eigenvalue weighted by molar-refractivity contribution is -0.133. The number of piperazine rings is 1. The van der Waals surface area contributed by atoms with Crippen molar-refractivity contribution in [2.24, 2.45) is 0 Å². The molecule has 57 heavy (non-hydrogen) atoms. The highest BCUT2D eigenvalue weighted by atomic mass is 16.5. The van der Waals surface area contributed by atoms with E-state index in [-0.39, 0.29) is 29.8 Å². The maximum atomic E-state index is 14.0. The molecule has 3 amide bonds. The normalized spacial score (nSPS) is 18.0. The summed E-state index contributed by atoms with van der Waals surface area (Å²) in [5.41, 5.74) is 9.89. The molecule has 0 spiro atoms. The molecule has 7 rings (SSSR count). The van der Waals surface area contributed by atoms with Crippen LogP contribution in [0.3, 0.4) is 0 Å². The number of piperidine rings is 1. The Morgan fingerprint density at radius 1 is 0.877 bits per heavy atom. The molecule has 0 aliphatic carbocycles. The summed E-state index contributed by atoms with van der Waals surface area (Å²) < 4.78 is 5.69. The molecule has 3 aromatic carbocycles. The van der Waals surface area contributed by atoms with Gasteiger partial charge >= 0.3 is 0 Å². The van der Waals surface area contributed by atoms with E-state index < -0.39 is 6.04 Å². The van der Waals surface area contributed by atoms with Gasteiger partial charge in [-0.2, -0.15) is 0 Å². The number of aromatic amines is 1. The van der Waals surface area contributed by atoms with Crippen LogP contribution in [-0.2, 0) is 27.4 Å². The van der Waals surface area contributed by atoms with Gasteiger partial charge in [-0.1, -0.05) is 24.3 Å². The van der Waals surface area contributed by atoms with Crippen LogP contribution in [0.5, 0.6) is 0 Å². The van der Waals surface area contributed by atoms with Crippen LogP contribution in [0.4, 0.5) is 17.1 Å². The van der Waals surface area contributed by atoms with E-state index in [1.807, 2.05) is 45.0 Å². The van der Waals surface area contributed by atoms with Gasteiger partial charge in [-0.15, -0.1) is 0 Å². The first kappa shape index (κ1) is 39.8. The van der Waals surface area contributed by atoms with E-state index in [1.165, 1.54) is 11.3 Å². The molecule has 0 saturated carbocycles. The van der Waals surface area contributed by atoms with Crippen molar-refractivity contribution in [1.29, 1.82) is 0 Å². The third-order valence-electron chi connectivity index (χ3n) is 11.7. The minimum absolute atomic E-state index is 0.148. The van der Waals surface area contributed by atoms with E-state index in [0.29, 0.717) is 30.0 Å². The Balaban J connectivity index is 1.03. The van der Waals surface area contributed by atoms with Crippen LogP contribution in [-0.4, -0.2) is 85.6 Å². The number of nitrogens with zero attached hydrogens (tertiary/aromatic N) is 3. The maximum Gasteiger partial charge on any atom is 0.253 e. The Morgan fingerprint density at radius 3 is 2.26 bits per heavy atom. The molecule has 1 unspecified atom stereocenters. The van der Waals surface area contributed by atoms with Crippen molar-refractivity contribution < 1.29 is 19.1 Å². The third-order valence-corrected chi connectivity index (χ3v) is 11.7. The number of hydrogen-bond donors (Lipinski definition) is 4. The molecule has 300 valence electrons. The van der Waals surface area contributed by atoms with E-state index in [9.17, 15) is 19.2 Å². The Kier molecular flexibility index (Phi) is 12.4. The molecule has 12 heteroatoms. The molecule has 3 aliphatic heterocycles. The largest absolute Gasteiger partial charge is 0.381 e. The Morgan fingerprint density at radius 2 is 1.60 bits per heavy atom. The number of amides is 3. The van der Waals surface area contributed by atoms with Gasteiger partial charge in [0.1, 0.15) is 6.04 Å². The summed E-state index contributed by atoms with van der Waals surface area (Å²) in [4.78, 5) is 60.5. The zero-order valence-corrected chi connectivity index (χ0v) is 33.6. The number of hydrogen-bond acceptors (Lipinski definition) is 9. The lowest BCUT2D eigenvalue weighted by Gasteiger charge is -2.37. The topological polar surface area (TPSA) is 139 Å².